The molecule has 0 aliphatic rings. The van der Waals surface area contributed by atoms with Gasteiger partial charge in [0.15, 0.2) is 0 Å². The highest BCUT2D eigenvalue weighted by atomic mass is 35.5. The molecule has 0 unspecified atom stereocenters. The van der Waals surface area contributed by atoms with Gasteiger partial charge < -0.3 is 15.0 Å². The lowest BCUT2D eigenvalue weighted by atomic mass is 10.0. The number of nitrogens with zero attached hydrogens (tertiary/aromatic N) is 2. The second-order valence-corrected chi connectivity index (χ2v) is 13.5. The van der Waals surface area contributed by atoms with Crippen LogP contribution in [0.15, 0.2) is 109 Å². The molecule has 10 heteroatoms. The highest BCUT2D eigenvalue weighted by Crippen LogP contribution is 2.26. The van der Waals surface area contributed by atoms with Gasteiger partial charge in [-0.3, -0.25) is 13.9 Å². The number of hydrogen-bond donors (Lipinski definition) is 1. The van der Waals surface area contributed by atoms with Crippen molar-refractivity contribution < 1.29 is 22.7 Å². The highest BCUT2D eigenvalue weighted by molar-refractivity contribution is 7.92. The van der Waals surface area contributed by atoms with Gasteiger partial charge in [-0.25, -0.2) is 8.42 Å². The molecule has 45 heavy (non-hydrogen) atoms. The first-order valence-electron chi connectivity index (χ1n) is 14.7. The number of ether oxygens (including phenoxy) is 1. The Kier molecular flexibility index (Phi) is 11.6. The van der Waals surface area contributed by atoms with Crippen LogP contribution in [0.4, 0.5) is 5.69 Å². The Morgan fingerprint density at radius 3 is 2.02 bits per heavy atom. The molecule has 0 saturated carbocycles. The standard InChI is InChI=1S/C35H38ClN3O5S/c1-26(2)23-37-35(41)33(22-27-11-6-4-7-12-27)38(24-28-13-10-14-29(36)21-28)34(40)25-39(45(3,42)43)30-17-19-32(20-18-30)44-31-15-8-5-9-16-31/h4-21,26,33H,22-25H2,1-3H3,(H,37,41)/t33-/m1/s1. The summed E-state index contributed by atoms with van der Waals surface area (Å²) in [6.07, 6.45) is 1.29. The topological polar surface area (TPSA) is 96.0 Å². The molecule has 1 atom stereocenters. The fraction of sp³-hybridized carbons (Fsp3) is 0.257. The van der Waals surface area contributed by atoms with E-state index in [-0.39, 0.29) is 30.5 Å². The average molecular weight is 648 g/mol. The van der Waals surface area contributed by atoms with Crippen molar-refractivity contribution in [3.05, 3.63) is 125 Å². The summed E-state index contributed by atoms with van der Waals surface area (Å²) in [6, 6.07) is 31.2. The van der Waals surface area contributed by atoms with E-state index >= 15 is 0 Å². The quantitative estimate of drug-likeness (QED) is 0.173. The van der Waals surface area contributed by atoms with Crippen LogP contribution in [0, 0.1) is 5.92 Å². The fourth-order valence-electron chi connectivity index (χ4n) is 4.73. The maximum atomic E-state index is 14.2. The Bertz CT molecular complexity index is 1670. The normalized spacial score (nSPS) is 11.9. The number of benzene rings is 4. The van der Waals surface area contributed by atoms with Crippen LogP contribution < -0.4 is 14.4 Å². The van der Waals surface area contributed by atoms with Crippen LogP contribution in [-0.2, 0) is 32.6 Å². The van der Waals surface area contributed by atoms with Crippen LogP contribution in [-0.4, -0.2) is 50.5 Å². The van der Waals surface area contributed by atoms with E-state index in [1.807, 2.05) is 80.6 Å². The van der Waals surface area contributed by atoms with E-state index in [0.717, 1.165) is 16.1 Å². The van der Waals surface area contributed by atoms with Gasteiger partial charge in [0.25, 0.3) is 0 Å². The molecule has 0 saturated heterocycles. The number of anilines is 1. The maximum absolute atomic E-state index is 14.2. The summed E-state index contributed by atoms with van der Waals surface area (Å²) in [5.41, 5.74) is 1.86. The van der Waals surface area contributed by atoms with Gasteiger partial charge in [-0.15, -0.1) is 0 Å². The van der Waals surface area contributed by atoms with Crippen molar-refractivity contribution in [3.63, 3.8) is 0 Å². The third kappa shape index (κ3) is 10.1. The van der Waals surface area contributed by atoms with Crippen LogP contribution in [0.25, 0.3) is 0 Å². The van der Waals surface area contributed by atoms with E-state index in [4.69, 9.17) is 16.3 Å². The smallest absolute Gasteiger partial charge is 0.244 e. The molecule has 2 amide bonds. The van der Waals surface area contributed by atoms with Crippen LogP contribution in [0.5, 0.6) is 11.5 Å². The number of carbonyl (C=O) groups is 2. The predicted octanol–water partition coefficient (Wildman–Crippen LogP) is 6.31. The summed E-state index contributed by atoms with van der Waals surface area (Å²) in [6.45, 7) is 3.94. The van der Waals surface area contributed by atoms with E-state index in [1.54, 1.807) is 42.5 Å². The first-order chi connectivity index (χ1) is 21.5. The molecule has 0 bridgehead atoms. The predicted molar refractivity (Wildman–Crippen MR) is 179 cm³/mol. The zero-order valence-electron chi connectivity index (χ0n) is 25.6. The summed E-state index contributed by atoms with van der Waals surface area (Å²) in [7, 11) is -3.90. The molecule has 1 N–H and O–H groups in total. The third-order valence-corrected chi connectivity index (χ3v) is 8.36. The van der Waals surface area contributed by atoms with Crippen molar-refractivity contribution in [1.82, 2.24) is 10.2 Å². The Hall–Kier alpha value is -4.34. The van der Waals surface area contributed by atoms with Gasteiger partial charge >= 0.3 is 0 Å². The summed E-state index contributed by atoms with van der Waals surface area (Å²) in [5.74, 6) is 0.481. The van der Waals surface area contributed by atoms with Gasteiger partial charge in [0.2, 0.25) is 21.8 Å². The van der Waals surface area contributed by atoms with Crippen molar-refractivity contribution in [2.24, 2.45) is 5.92 Å². The largest absolute Gasteiger partial charge is 0.457 e. The van der Waals surface area contributed by atoms with Crippen molar-refractivity contribution >= 4 is 39.1 Å². The van der Waals surface area contributed by atoms with Gasteiger partial charge in [0.05, 0.1) is 11.9 Å². The van der Waals surface area contributed by atoms with Crippen LogP contribution in [0.3, 0.4) is 0 Å². The summed E-state index contributed by atoms with van der Waals surface area (Å²) in [4.78, 5) is 29.4. The molecule has 0 heterocycles. The van der Waals surface area contributed by atoms with E-state index in [0.29, 0.717) is 28.6 Å². The number of halogens is 1. The lowest BCUT2D eigenvalue weighted by molar-refractivity contribution is -0.140. The summed E-state index contributed by atoms with van der Waals surface area (Å²) >= 11 is 6.27. The second-order valence-electron chi connectivity index (χ2n) is 11.2. The number of amides is 2. The van der Waals surface area contributed by atoms with Crippen LogP contribution in [0.2, 0.25) is 5.02 Å². The number of carbonyl (C=O) groups excluding carboxylic acids is 2. The summed E-state index contributed by atoms with van der Waals surface area (Å²) < 4.78 is 33.0. The molecule has 4 rings (SSSR count). The molecule has 0 aliphatic carbocycles. The first kappa shape index (κ1) is 33.6. The van der Waals surface area contributed by atoms with E-state index in [1.165, 1.54) is 4.90 Å². The maximum Gasteiger partial charge on any atom is 0.244 e. The molecule has 8 nitrogen and oxygen atoms in total. The second kappa shape index (κ2) is 15.6. The Morgan fingerprint density at radius 1 is 0.822 bits per heavy atom. The Morgan fingerprint density at radius 2 is 1.42 bits per heavy atom. The lowest BCUT2D eigenvalue weighted by Crippen LogP contribution is -2.53. The van der Waals surface area contributed by atoms with E-state index in [9.17, 15) is 18.0 Å². The van der Waals surface area contributed by atoms with Crippen molar-refractivity contribution in [1.29, 1.82) is 0 Å². The molecule has 0 aliphatic heterocycles. The zero-order chi connectivity index (χ0) is 32.4. The third-order valence-electron chi connectivity index (χ3n) is 6.98. The van der Waals surface area contributed by atoms with Gasteiger partial charge in [0, 0.05) is 24.5 Å². The minimum Gasteiger partial charge on any atom is -0.457 e. The zero-order valence-corrected chi connectivity index (χ0v) is 27.2. The van der Waals surface area contributed by atoms with Crippen molar-refractivity contribution in [2.45, 2.75) is 32.9 Å². The van der Waals surface area contributed by atoms with E-state index < -0.39 is 28.5 Å². The van der Waals surface area contributed by atoms with Crippen LogP contribution >= 0.6 is 11.6 Å². The van der Waals surface area contributed by atoms with Gasteiger partial charge in [-0.05, 0) is 65.6 Å². The molecule has 4 aromatic carbocycles. The molecule has 236 valence electrons. The first-order valence-corrected chi connectivity index (χ1v) is 16.9. The minimum absolute atomic E-state index is 0.0491. The molecule has 0 spiro atoms. The number of hydrogen-bond acceptors (Lipinski definition) is 5. The van der Waals surface area contributed by atoms with Crippen molar-refractivity contribution in [3.8, 4) is 11.5 Å². The molecule has 0 fully saturated rings. The average Bonchev–Trinajstić information content (AvgIpc) is 3.01. The highest BCUT2D eigenvalue weighted by Gasteiger charge is 2.33. The Labute approximate surface area is 270 Å². The number of sulfonamides is 1. The van der Waals surface area contributed by atoms with Crippen molar-refractivity contribution in [2.75, 3.05) is 23.7 Å². The lowest BCUT2D eigenvalue weighted by Gasteiger charge is -2.33. The summed E-state index contributed by atoms with van der Waals surface area (Å²) in [5, 5.41) is 3.46. The minimum atomic E-state index is -3.90. The molecular formula is C35H38ClN3O5S. The number of nitrogens with one attached hydrogen (secondary N) is 1. The van der Waals surface area contributed by atoms with E-state index in [2.05, 4.69) is 5.32 Å². The molecular weight excluding hydrogens is 610 g/mol. The number of para-hydroxylation sites is 1. The SMILES string of the molecule is CC(C)CNC(=O)[C@@H](Cc1ccccc1)N(Cc1cccc(Cl)c1)C(=O)CN(c1ccc(Oc2ccccc2)cc1)S(C)(=O)=O. The fourth-order valence-corrected chi connectivity index (χ4v) is 5.79. The van der Waals surface area contributed by atoms with Gasteiger partial charge in [0.1, 0.15) is 24.1 Å². The molecule has 0 aromatic heterocycles. The van der Waals surface area contributed by atoms with Crippen LogP contribution in [0.1, 0.15) is 25.0 Å². The Balaban J connectivity index is 1.67. The van der Waals surface area contributed by atoms with Gasteiger partial charge in [-0.1, -0.05) is 86.1 Å². The number of rotatable bonds is 14. The van der Waals surface area contributed by atoms with Gasteiger partial charge in [-0.2, -0.15) is 0 Å². The molecule has 4 aromatic rings. The monoisotopic (exact) mass is 647 g/mol. The molecule has 0 radical (unpaired) electrons.